The zero-order chi connectivity index (χ0) is 15.0. The van der Waals surface area contributed by atoms with Crippen LogP contribution in [0.2, 0.25) is 5.02 Å². The minimum Gasteiger partial charge on any atom is -0.497 e. The van der Waals surface area contributed by atoms with Gasteiger partial charge in [0.25, 0.3) is 0 Å². The predicted molar refractivity (Wildman–Crippen MR) is 88.3 cm³/mol. The molecule has 3 rings (SSSR count). The van der Waals surface area contributed by atoms with Crippen LogP contribution in [0.3, 0.4) is 0 Å². The van der Waals surface area contributed by atoms with Crippen molar-refractivity contribution < 1.29 is 4.74 Å². The van der Waals surface area contributed by atoms with Gasteiger partial charge in [0.2, 0.25) is 0 Å². The maximum absolute atomic E-state index is 6.02. The van der Waals surface area contributed by atoms with Crippen molar-refractivity contribution in [2.24, 2.45) is 11.8 Å². The fourth-order valence-electron chi connectivity index (χ4n) is 3.70. The standard InChI is InChI=1S/C19H21ClO/c1-12-13(2)19(15-6-10-17(21-3)11-7-15)18(12)14-4-8-16(20)9-5-14/h4-13,18-19H,1-3H3. The monoisotopic (exact) mass is 300 g/mol. The van der Waals surface area contributed by atoms with Gasteiger partial charge in [-0.3, -0.25) is 0 Å². The van der Waals surface area contributed by atoms with Gasteiger partial charge in [-0.25, -0.2) is 0 Å². The molecule has 1 aliphatic carbocycles. The van der Waals surface area contributed by atoms with Crippen molar-refractivity contribution >= 4 is 11.6 Å². The normalized spacial score (nSPS) is 28.0. The summed E-state index contributed by atoms with van der Waals surface area (Å²) in [5, 5.41) is 0.805. The van der Waals surface area contributed by atoms with E-state index in [1.807, 2.05) is 12.1 Å². The van der Waals surface area contributed by atoms with Crippen LogP contribution in [-0.2, 0) is 0 Å². The van der Waals surface area contributed by atoms with Crippen LogP contribution in [-0.4, -0.2) is 7.11 Å². The quantitative estimate of drug-likeness (QED) is 0.727. The number of benzene rings is 2. The van der Waals surface area contributed by atoms with Gasteiger partial charge in [0, 0.05) is 5.02 Å². The lowest BCUT2D eigenvalue weighted by atomic mass is 9.54. The van der Waals surface area contributed by atoms with Crippen molar-refractivity contribution in [3.63, 3.8) is 0 Å². The van der Waals surface area contributed by atoms with Crippen LogP contribution in [0.1, 0.15) is 36.8 Å². The van der Waals surface area contributed by atoms with Crippen LogP contribution in [0.15, 0.2) is 48.5 Å². The molecule has 2 aromatic carbocycles. The first-order chi connectivity index (χ1) is 10.1. The number of halogens is 1. The highest BCUT2D eigenvalue weighted by molar-refractivity contribution is 6.30. The van der Waals surface area contributed by atoms with Crippen LogP contribution >= 0.6 is 11.6 Å². The third kappa shape index (κ3) is 2.55. The molecule has 2 heteroatoms. The van der Waals surface area contributed by atoms with Crippen LogP contribution < -0.4 is 4.74 Å². The highest BCUT2D eigenvalue weighted by atomic mass is 35.5. The lowest BCUT2D eigenvalue weighted by Gasteiger charge is -2.50. The number of rotatable bonds is 3. The van der Waals surface area contributed by atoms with E-state index in [4.69, 9.17) is 16.3 Å². The van der Waals surface area contributed by atoms with Gasteiger partial charge in [-0.05, 0) is 59.1 Å². The number of methoxy groups -OCH3 is 1. The average Bonchev–Trinajstić information content (AvgIpc) is 2.53. The topological polar surface area (TPSA) is 9.23 Å². The maximum atomic E-state index is 6.02. The SMILES string of the molecule is COc1ccc(C2C(C)C(C)C2c2ccc(Cl)cc2)cc1. The molecule has 0 amide bonds. The van der Waals surface area contributed by atoms with Gasteiger partial charge in [0.15, 0.2) is 0 Å². The third-order valence-electron chi connectivity index (χ3n) is 5.10. The summed E-state index contributed by atoms with van der Waals surface area (Å²) >= 11 is 6.02. The summed E-state index contributed by atoms with van der Waals surface area (Å²) in [5.41, 5.74) is 2.80. The first kappa shape index (κ1) is 14.5. The van der Waals surface area contributed by atoms with E-state index in [-0.39, 0.29) is 0 Å². The molecule has 2 aromatic rings. The van der Waals surface area contributed by atoms with Gasteiger partial charge in [-0.15, -0.1) is 0 Å². The van der Waals surface area contributed by atoms with Gasteiger partial charge in [-0.1, -0.05) is 49.7 Å². The van der Waals surface area contributed by atoms with Crippen LogP contribution in [0, 0.1) is 11.8 Å². The molecule has 0 aliphatic heterocycles. The second kappa shape index (κ2) is 5.73. The second-order valence-electron chi connectivity index (χ2n) is 6.09. The molecular formula is C19H21ClO. The van der Waals surface area contributed by atoms with E-state index in [9.17, 15) is 0 Å². The summed E-state index contributed by atoms with van der Waals surface area (Å²) < 4.78 is 5.26. The largest absolute Gasteiger partial charge is 0.497 e. The molecule has 1 aliphatic rings. The van der Waals surface area contributed by atoms with E-state index < -0.39 is 0 Å². The minimum absolute atomic E-state index is 0.575. The van der Waals surface area contributed by atoms with E-state index >= 15 is 0 Å². The summed E-state index contributed by atoms with van der Waals surface area (Å²) in [6, 6.07) is 16.9. The van der Waals surface area contributed by atoms with Crippen molar-refractivity contribution in [1.29, 1.82) is 0 Å². The molecule has 4 atom stereocenters. The Balaban J connectivity index is 1.90. The lowest BCUT2D eigenvalue weighted by Crippen LogP contribution is -2.39. The Hall–Kier alpha value is -1.47. The van der Waals surface area contributed by atoms with E-state index in [1.165, 1.54) is 11.1 Å². The summed E-state index contributed by atoms with van der Waals surface area (Å²) in [6.07, 6.45) is 0. The van der Waals surface area contributed by atoms with Crippen LogP contribution in [0.5, 0.6) is 5.75 Å². The molecular weight excluding hydrogens is 280 g/mol. The van der Waals surface area contributed by atoms with Gasteiger partial charge in [0.1, 0.15) is 5.75 Å². The van der Waals surface area contributed by atoms with E-state index in [2.05, 4.69) is 50.2 Å². The molecule has 0 bridgehead atoms. The van der Waals surface area contributed by atoms with Crippen molar-refractivity contribution in [3.05, 3.63) is 64.7 Å². The summed E-state index contributed by atoms with van der Waals surface area (Å²) in [7, 11) is 1.71. The zero-order valence-electron chi connectivity index (χ0n) is 12.7. The van der Waals surface area contributed by atoms with Gasteiger partial charge < -0.3 is 4.74 Å². The van der Waals surface area contributed by atoms with E-state index in [0.29, 0.717) is 23.7 Å². The molecule has 4 unspecified atom stereocenters. The lowest BCUT2D eigenvalue weighted by molar-refractivity contribution is 0.123. The first-order valence-electron chi connectivity index (χ1n) is 7.51. The number of hydrogen-bond donors (Lipinski definition) is 0. The third-order valence-corrected chi connectivity index (χ3v) is 5.36. The van der Waals surface area contributed by atoms with E-state index in [1.54, 1.807) is 7.11 Å². The van der Waals surface area contributed by atoms with Crippen molar-refractivity contribution in [1.82, 2.24) is 0 Å². The molecule has 0 N–H and O–H groups in total. The predicted octanol–water partition coefficient (Wildman–Crippen LogP) is 5.50. The molecule has 21 heavy (non-hydrogen) atoms. The van der Waals surface area contributed by atoms with Gasteiger partial charge in [-0.2, -0.15) is 0 Å². The second-order valence-corrected chi connectivity index (χ2v) is 6.53. The average molecular weight is 301 g/mol. The molecule has 1 fully saturated rings. The van der Waals surface area contributed by atoms with Gasteiger partial charge >= 0.3 is 0 Å². The number of ether oxygens (including phenoxy) is 1. The Bertz CT molecular complexity index is 602. The minimum atomic E-state index is 0.575. The Morgan fingerprint density at radius 1 is 0.762 bits per heavy atom. The number of hydrogen-bond acceptors (Lipinski definition) is 1. The Morgan fingerprint density at radius 2 is 1.19 bits per heavy atom. The molecule has 0 spiro atoms. The molecule has 1 nitrogen and oxygen atoms in total. The molecule has 0 saturated heterocycles. The van der Waals surface area contributed by atoms with Crippen molar-refractivity contribution in [2.45, 2.75) is 25.7 Å². The Kier molecular flexibility index (Phi) is 3.95. The first-order valence-corrected chi connectivity index (χ1v) is 7.89. The maximum Gasteiger partial charge on any atom is 0.118 e. The van der Waals surface area contributed by atoms with Crippen LogP contribution in [0.4, 0.5) is 0 Å². The van der Waals surface area contributed by atoms with Crippen LogP contribution in [0.25, 0.3) is 0 Å². The molecule has 0 aromatic heterocycles. The Morgan fingerprint density at radius 3 is 1.62 bits per heavy atom. The Labute approximate surface area is 131 Å². The summed E-state index contributed by atoms with van der Waals surface area (Å²) in [5.74, 6) is 3.46. The molecule has 1 saturated carbocycles. The highest BCUT2D eigenvalue weighted by Crippen LogP contribution is 2.57. The summed E-state index contributed by atoms with van der Waals surface area (Å²) in [4.78, 5) is 0. The van der Waals surface area contributed by atoms with E-state index in [0.717, 1.165) is 10.8 Å². The molecule has 0 heterocycles. The van der Waals surface area contributed by atoms with Crippen molar-refractivity contribution in [2.75, 3.05) is 7.11 Å². The van der Waals surface area contributed by atoms with Gasteiger partial charge in [0.05, 0.1) is 7.11 Å². The smallest absolute Gasteiger partial charge is 0.118 e. The summed E-state index contributed by atoms with van der Waals surface area (Å²) in [6.45, 7) is 4.70. The zero-order valence-corrected chi connectivity index (χ0v) is 13.5. The fourth-order valence-corrected chi connectivity index (χ4v) is 3.82. The molecule has 110 valence electrons. The van der Waals surface area contributed by atoms with Crippen molar-refractivity contribution in [3.8, 4) is 5.75 Å². The highest BCUT2D eigenvalue weighted by Gasteiger charge is 2.46. The fraction of sp³-hybridized carbons (Fsp3) is 0.368. The molecule has 0 radical (unpaired) electrons.